The van der Waals surface area contributed by atoms with Crippen molar-refractivity contribution in [2.75, 3.05) is 17.2 Å². The van der Waals surface area contributed by atoms with E-state index in [0.717, 1.165) is 40.6 Å². The number of hydrogen-bond acceptors (Lipinski definition) is 5. The maximum Gasteiger partial charge on any atom is 0.573 e. The average molecular weight is 651 g/mol. The van der Waals surface area contributed by atoms with Crippen LogP contribution in [0.25, 0.3) is 17.1 Å². The SMILES string of the molecule is CCC(CNC(=O)/N=C1\SCCC(C)N1c1ccccc1C(C)C)c1ccc(-c2ncn(-c3ccc(OC(F)(F)F)cc3)n2)cc1. The van der Waals surface area contributed by atoms with E-state index in [9.17, 15) is 18.0 Å². The molecule has 0 aliphatic carbocycles. The van der Waals surface area contributed by atoms with E-state index in [0.29, 0.717) is 24.0 Å². The molecule has 0 spiro atoms. The lowest BCUT2D eigenvalue weighted by Gasteiger charge is -2.37. The van der Waals surface area contributed by atoms with E-state index >= 15 is 0 Å². The molecular weight excluding hydrogens is 613 g/mol. The average Bonchev–Trinajstić information content (AvgIpc) is 3.52. The van der Waals surface area contributed by atoms with Crippen molar-refractivity contribution in [3.05, 3.63) is 90.3 Å². The first-order valence-corrected chi connectivity index (χ1v) is 16.3. The quantitative estimate of drug-likeness (QED) is 0.195. The fourth-order valence-electron chi connectivity index (χ4n) is 5.39. The lowest BCUT2D eigenvalue weighted by Crippen LogP contribution is -2.42. The Hall–Kier alpha value is -4.32. The zero-order valence-electron chi connectivity index (χ0n) is 26.2. The van der Waals surface area contributed by atoms with Crippen LogP contribution >= 0.6 is 11.8 Å². The van der Waals surface area contributed by atoms with Gasteiger partial charge in [-0.05, 0) is 67.1 Å². The highest BCUT2D eigenvalue weighted by Crippen LogP contribution is 2.35. The van der Waals surface area contributed by atoms with Crippen LogP contribution in [0.1, 0.15) is 63.5 Å². The van der Waals surface area contributed by atoms with E-state index in [1.807, 2.05) is 36.4 Å². The Bertz CT molecular complexity index is 1650. The molecular formula is C34H37F3N6O2S. The summed E-state index contributed by atoms with van der Waals surface area (Å²) in [5, 5.41) is 8.22. The van der Waals surface area contributed by atoms with Gasteiger partial charge in [0.25, 0.3) is 0 Å². The summed E-state index contributed by atoms with van der Waals surface area (Å²) in [7, 11) is 0. The molecule has 0 radical (unpaired) electrons. The molecule has 5 rings (SSSR count). The van der Waals surface area contributed by atoms with Gasteiger partial charge in [0.1, 0.15) is 12.1 Å². The van der Waals surface area contributed by atoms with Crippen molar-refractivity contribution in [1.29, 1.82) is 0 Å². The van der Waals surface area contributed by atoms with E-state index < -0.39 is 6.36 Å². The van der Waals surface area contributed by atoms with E-state index in [-0.39, 0.29) is 23.7 Å². The van der Waals surface area contributed by atoms with Crippen LogP contribution in [0.4, 0.5) is 23.7 Å². The van der Waals surface area contributed by atoms with Crippen molar-refractivity contribution in [1.82, 2.24) is 20.1 Å². The molecule has 2 amide bonds. The lowest BCUT2D eigenvalue weighted by molar-refractivity contribution is -0.274. The zero-order chi connectivity index (χ0) is 32.8. The van der Waals surface area contributed by atoms with Gasteiger partial charge in [0.2, 0.25) is 0 Å². The normalized spacial score (nSPS) is 16.9. The maximum atomic E-state index is 13.1. The van der Waals surface area contributed by atoms with Gasteiger partial charge >= 0.3 is 12.4 Å². The summed E-state index contributed by atoms with van der Waals surface area (Å²) in [5.41, 5.74) is 4.73. The number of hydrogen-bond donors (Lipinski definition) is 1. The van der Waals surface area contributed by atoms with Crippen LogP contribution in [-0.2, 0) is 0 Å². The number of rotatable bonds is 9. The van der Waals surface area contributed by atoms with Gasteiger partial charge in [-0.3, -0.25) is 0 Å². The standard InChI is InChI=1S/C34H37F3N6O2S/c1-5-24(20-38-32(44)40-33-43(23(4)18-19-46-33)30-9-7-6-8-29(30)22(2)3)25-10-12-26(13-11-25)31-39-21-42(41-31)27-14-16-28(17-15-27)45-34(35,36)37/h6-17,21-24H,5,18-20H2,1-4H3,(H,38,44)/b40-33-. The summed E-state index contributed by atoms with van der Waals surface area (Å²) >= 11 is 1.61. The molecule has 2 unspecified atom stereocenters. The number of nitrogens with one attached hydrogen (secondary N) is 1. The smallest absolute Gasteiger partial charge is 0.406 e. The highest BCUT2D eigenvalue weighted by atomic mass is 32.2. The highest BCUT2D eigenvalue weighted by Gasteiger charge is 2.31. The Morgan fingerprint density at radius 3 is 2.48 bits per heavy atom. The number of halogens is 3. The minimum atomic E-state index is -4.75. The minimum absolute atomic E-state index is 0.0804. The predicted octanol–water partition coefficient (Wildman–Crippen LogP) is 8.55. The van der Waals surface area contributed by atoms with E-state index in [2.05, 4.69) is 69.9 Å². The Morgan fingerprint density at radius 1 is 1.09 bits per heavy atom. The van der Waals surface area contributed by atoms with Crippen molar-refractivity contribution in [3.8, 4) is 22.8 Å². The topological polar surface area (TPSA) is 84.6 Å². The van der Waals surface area contributed by atoms with Gasteiger partial charge in [-0.1, -0.05) is 75.0 Å². The van der Waals surface area contributed by atoms with Crippen molar-refractivity contribution >= 4 is 28.6 Å². The monoisotopic (exact) mass is 650 g/mol. The predicted molar refractivity (Wildman–Crippen MR) is 177 cm³/mol. The number of anilines is 1. The van der Waals surface area contributed by atoms with E-state index in [1.165, 1.54) is 40.8 Å². The number of ether oxygens (including phenoxy) is 1. The summed E-state index contributed by atoms with van der Waals surface area (Å²) in [4.78, 5) is 24.2. The van der Waals surface area contributed by atoms with Gasteiger partial charge in [-0.15, -0.1) is 18.3 Å². The molecule has 3 aromatic carbocycles. The van der Waals surface area contributed by atoms with Crippen LogP contribution in [0, 0.1) is 0 Å². The van der Waals surface area contributed by atoms with Gasteiger partial charge in [0.15, 0.2) is 11.0 Å². The molecule has 46 heavy (non-hydrogen) atoms. The summed E-state index contributed by atoms with van der Waals surface area (Å²) in [5.74, 6) is 1.50. The van der Waals surface area contributed by atoms with Crippen molar-refractivity contribution in [3.63, 3.8) is 0 Å². The molecule has 1 aromatic heterocycles. The Morgan fingerprint density at radius 2 is 1.80 bits per heavy atom. The third-order valence-electron chi connectivity index (χ3n) is 7.89. The van der Waals surface area contributed by atoms with Gasteiger partial charge in [0, 0.05) is 35.5 Å². The van der Waals surface area contributed by atoms with Crippen LogP contribution in [0.2, 0.25) is 0 Å². The molecule has 2 atom stereocenters. The lowest BCUT2D eigenvalue weighted by atomic mass is 9.95. The van der Waals surface area contributed by atoms with Crippen molar-refractivity contribution in [2.45, 2.75) is 64.8 Å². The number of nitrogens with zero attached hydrogens (tertiary/aromatic N) is 5. The number of aromatic nitrogens is 3. The van der Waals surface area contributed by atoms with E-state index in [4.69, 9.17) is 0 Å². The Kier molecular flexibility index (Phi) is 10.4. The first kappa shape index (κ1) is 33.1. The molecule has 4 aromatic rings. The molecule has 1 fully saturated rings. The number of thioether (sulfide) groups is 1. The molecule has 0 bridgehead atoms. The number of amides is 2. The number of aliphatic imine (C=N–C) groups is 1. The first-order valence-electron chi connectivity index (χ1n) is 15.3. The second kappa shape index (κ2) is 14.4. The Balaban J connectivity index is 1.23. The molecule has 1 aliphatic heterocycles. The largest absolute Gasteiger partial charge is 0.573 e. The number of para-hydroxylation sites is 1. The van der Waals surface area contributed by atoms with E-state index in [1.54, 1.807) is 11.8 Å². The third-order valence-corrected chi connectivity index (χ3v) is 8.87. The molecule has 1 saturated heterocycles. The minimum Gasteiger partial charge on any atom is -0.406 e. The number of urea groups is 1. The van der Waals surface area contributed by atoms with Gasteiger partial charge in [-0.2, -0.15) is 4.99 Å². The second-order valence-corrected chi connectivity index (χ2v) is 12.5. The van der Waals surface area contributed by atoms with Crippen molar-refractivity contribution < 1.29 is 22.7 Å². The van der Waals surface area contributed by atoms with Crippen LogP contribution in [0.3, 0.4) is 0 Å². The third kappa shape index (κ3) is 8.09. The van der Waals surface area contributed by atoms with Crippen molar-refractivity contribution in [2.24, 2.45) is 4.99 Å². The summed E-state index contributed by atoms with van der Waals surface area (Å²) < 4.78 is 42.8. The van der Waals surface area contributed by atoms with Crippen LogP contribution < -0.4 is 15.0 Å². The zero-order valence-corrected chi connectivity index (χ0v) is 27.0. The second-order valence-electron chi connectivity index (χ2n) is 11.4. The van der Waals surface area contributed by atoms with Crippen LogP contribution in [0.15, 0.2) is 84.1 Å². The molecule has 1 N–H and O–H groups in total. The first-order chi connectivity index (χ1) is 22.0. The van der Waals surface area contributed by atoms with Gasteiger partial charge in [0.05, 0.1) is 5.69 Å². The maximum absolute atomic E-state index is 13.1. The summed E-state index contributed by atoms with van der Waals surface area (Å²) in [6, 6.07) is 21.4. The molecule has 242 valence electrons. The number of amidine groups is 1. The molecule has 0 saturated carbocycles. The van der Waals surface area contributed by atoms with Crippen LogP contribution in [-0.4, -0.2) is 50.7 Å². The summed E-state index contributed by atoms with van der Waals surface area (Å²) in [6.45, 7) is 9.04. The fraction of sp³-hybridized carbons (Fsp3) is 0.353. The fourth-order valence-corrected chi connectivity index (χ4v) is 6.60. The highest BCUT2D eigenvalue weighted by molar-refractivity contribution is 8.14. The molecule has 8 nitrogen and oxygen atoms in total. The summed E-state index contributed by atoms with van der Waals surface area (Å²) in [6.07, 6.45) is -1.42. The number of alkyl halides is 3. The van der Waals surface area contributed by atoms with Gasteiger partial charge < -0.3 is 15.0 Å². The Labute approximate surface area is 271 Å². The van der Waals surface area contributed by atoms with Gasteiger partial charge in [-0.25, -0.2) is 14.5 Å². The molecule has 2 heterocycles. The number of benzene rings is 3. The number of carbonyl (C=O) groups excluding carboxylic acids is 1. The number of carbonyl (C=O) groups is 1. The van der Waals surface area contributed by atoms with Crippen LogP contribution in [0.5, 0.6) is 5.75 Å². The molecule has 12 heteroatoms. The molecule has 1 aliphatic rings.